The van der Waals surface area contributed by atoms with Gasteiger partial charge in [-0.1, -0.05) is 41.5 Å². The maximum atomic E-state index is 13.2. The van der Waals surface area contributed by atoms with E-state index in [1.807, 2.05) is 20.8 Å². The van der Waals surface area contributed by atoms with Gasteiger partial charge in [0.05, 0.1) is 17.0 Å². The molecular weight excluding hydrogens is 435 g/mol. The predicted octanol–water partition coefficient (Wildman–Crippen LogP) is 5.06. The molecule has 0 amide bonds. The molecule has 26 heavy (non-hydrogen) atoms. The summed E-state index contributed by atoms with van der Waals surface area (Å²) in [4.78, 5) is 0. The monoisotopic (exact) mass is 462 g/mol. The Morgan fingerprint density at radius 1 is 0.808 bits per heavy atom. The minimum Gasteiger partial charge on any atom is -0.386 e. The van der Waals surface area contributed by atoms with Gasteiger partial charge in [0.2, 0.25) is 0 Å². The summed E-state index contributed by atoms with van der Waals surface area (Å²) >= 11 is -5.61. The first-order chi connectivity index (χ1) is 12.0. The summed E-state index contributed by atoms with van der Waals surface area (Å²) < 4.78 is 70.4. The van der Waals surface area contributed by atoms with Crippen molar-refractivity contribution >= 4 is 53.1 Å². The number of rotatable bonds is 10. The summed E-state index contributed by atoms with van der Waals surface area (Å²) in [7, 11) is -9.99. The van der Waals surface area contributed by atoms with Crippen molar-refractivity contribution in [1.82, 2.24) is 0 Å². The highest BCUT2D eigenvalue weighted by molar-refractivity contribution is 7.63. The van der Waals surface area contributed by atoms with Crippen LogP contribution < -0.4 is 0 Å². The van der Waals surface area contributed by atoms with E-state index in [-0.39, 0.29) is 11.3 Å². The third-order valence-corrected chi connectivity index (χ3v) is 20.3. The average molecular weight is 462 g/mol. The van der Waals surface area contributed by atoms with Crippen molar-refractivity contribution in [3.63, 3.8) is 0 Å². The fourth-order valence-corrected chi connectivity index (χ4v) is 17.0. The predicted molar refractivity (Wildman–Crippen MR) is 100 cm³/mol. The number of hydrogen-bond donors (Lipinski definition) is 0. The fourth-order valence-electron chi connectivity index (χ4n) is 2.13. The molecule has 0 radical (unpaired) electrons. The lowest BCUT2D eigenvalue weighted by molar-refractivity contribution is 0.167. The summed E-state index contributed by atoms with van der Waals surface area (Å²) in [5.41, 5.74) is -0.935. The first-order valence-electron chi connectivity index (χ1n) is 8.91. The zero-order chi connectivity index (χ0) is 19.8. The molecule has 0 bridgehead atoms. The summed E-state index contributed by atoms with van der Waals surface area (Å²) in [5.74, 6) is 0. The SMILES string of the molecule is CCC(C)P1(=O)[O][Al]([O]P(=O)([O][Al]2[O]P(=O)(C(C)CC)[O]2)C(C)CC)[O]1. The van der Waals surface area contributed by atoms with Gasteiger partial charge in [-0.3, -0.25) is 13.7 Å². The van der Waals surface area contributed by atoms with Crippen LogP contribution in [0.15, 0.2) is 0 Å². The molecular formula is C12H27Al2O9P3. The van der Waals surface area contributed by atoms with Crippen LogP contribution in [0.2, 0.25) is 0 Å². The van der Waals surface area contributed by atoms with Crippen LogP contribution in [0.1, 0.15) is 60.8 Å². The lowest BCUT2D eigenvalue weighted by Crippen LogP contribution is -2.41. The Morgan fingerprint density at radius 2 is 1.15 bits per heavy atom. The van der Waals surface area contributed by atoms with Crippen molar-refractivity contribution in [2.75, 3.05) is 0 Å². The maximum absolute atomic E-state index is 13.2. The highest BCUT2D eigenvalue weighted by atomic mass is 31.2. The third kappa shape index (κ3) is 4.98. The van der Waals surface area contributed by atoms with Gasteiger partial charge < -0.3 is 21.5 Å². The van der Waals surface area contributed by atoms with Crippen LogP contribution in [0.4, 0.5) is 0 Å². The minimum absolute atomic E-state index is 0.243. The van der Waals surface area contributed by atoms with E-state index in [9.17, 15) is 13.7 Å². The molecule has 2 heterocycles. The lowest BCUT2D eigenvalue weighted by Gasteiger charge is -2.40. The Morgan fingerprint density at radius 3 is 1.42 bits per heavy atom. The third-order valence-electron chi connectivity index (χ3n) is 4.79. The quantitative estimate of drug-likeness (QED) is 0.325. The van der Waals surface area contributed by atoms with E-state index in [1.54, 1.807) is 20.8 Å². The molecule has 2 saturated heterocycles. The number of hydrogen-bond acceptors (Lipinski definition) is 9. The van der Waals surface area contributed by atoms with Crippen molar-refractivity contribution in [3.8, 4) is 0 Å². The van der Waals surface area contributed by atoms with E-state index < -0.39 is 58.7 Å². The molecule has 3 unspecified atom stereocenters. The van der Waals surface area contributed by atoms with Gasteiger partial charge in [0.25, 0.3) is 22.8 Å². The highest BCUT2D eigenvalue weighted by Crippen LogP contribution is 2.69. The van der Waals surface area contributed by atoms with Crippen molar-refractivity contribution in [2.45, 2.75) is 77.8 Å². The molecule has 2 aliphatic rings. The van der Waals surface area contributed by atoms with Crippen LogP contribution >= 0.6 is 22.8 Å². The summed E-state index contributed by atoms with van der Waals surface area (Å²) in [6.45, 7) is 10.9. The molecule has 2 aliphatic heterocycles. The Balaban J connectivity index is 1.97. The zero-order valence-electron chi connectivity index (χ0n) is 16.0. The molecule has 14 heteroatoms. The smallest absolute Gasteiger partial charge is 0.386 e. The topological polar surface area (TPSA) is 107 Å². The Labute approximate surface area is 165 Å². The molecule has 0 aliphatic carbocycles. The van der Waals surface area contributed by atoms with E-state index in [0.717, 1.165) is 0 Å². The van der Waals surface area contributed by atoms with Gasteiger partial charge in [-0.15, -0.1) is 0 Å². The Kier molecular flexibility index (Phi) is 8.34. The molecule has 0 N–H and O–H groups in total. The standard InChI is InChI=1S/3C4H11O3P.2Al/c3*1-3-4(2)8(5,6)7;;/h3*4H,3H2,1-2H3,(H2,5,6,7);;/q;;;2*+3/p-6. The van der Waals surface area contributed by atoms with Crippen LogP contribution in [0.25, 0.3) is 0 Å². The fraction of sp³-hybridized carbons (Fsp3) is 1.00. The first-order valence-corrected chi connectivity index (χ1v) is 16.6. The normalized spacial score (nSPS) is 27.0. The van der Waals surface area contributed by atoms with Gasteiger partial charge in [-0.2, -0.15) is 0 Å². The highest BCUT2D eigenvalue weighted by Gasteiger charge is 2.64. The molecule has 0 aromatic carbocycles. The second kappa shape index (κ2) is 9.12. The summed E-state index contributed by atoms with van der Waals surface area (Å²) in [6.07, 6.45) is 1.80. The molecule has 3 atom stereocenters. The van der Waals surface area contributed by atoms with Crippen LogP contribution in [0, 0.1) is 0 Å². The molecule has 2 rings (SSSR count). The van der Waals surface area contributed by atoms with E-state index in [1.165, 1.54) is 0 Å². The summed E-state index contributed by atoms with van der Waals surface area (Å²) in [6, 6.07) is 0. The van der Waals surface area contributed by atoms with E-state index >= 15 is 0 Å². The van der Waals surface area contributed by atoms with Crippen molar-refractivity contribution in [1.29, 1.82) is 0 Å². The van der Waals surface area contributed by atoms with Crippen LogP contribution in [0.5, 0.6) is 0 Å². The Hall–Kier alpha value is 1.51. The second-order valence-electron chi connectivity index (χ2n) is 6.60. The van der Waals surface area contributed by atoms with E-state index in [2.05, 4.69) is 0 Å². The van der Waals surface area contributed by atoms with Crippen LogP contribution in [-0.2, 0) is 35.1 Å². The van der Waals surface area contributed by atoms with E-state index in [4.69, 9.17) is 21.5 Å². The van der Waals surface area contributed by atoms with Crippen LogP contribution in [-0.4, -0.2) is 47.3 Å². The van der Waals surface area contributed by atoms with E-state index in [0.29, 0.717) is 19.3 Å². The molecule has 2 fully saturated rings. The molecule has 9 nitrogen and oxygen atoms in total. The van der Waals surface area contributed by atoms with Gasteiger partial charge >= 0.3 is 30.3 Å². The van der Waals surface area contributed by atoms with Gasteiger partial charge in [0, 0.05) is 0 Å². The van der Waals surface area contributed by atoms with Gasteiger partial charge in [0.1, 0.15) is 0 Å². The zero-order valence-corrected chi connectivity index (χ0v) is 21.0. The maximum Gasteiger partial charge on any atom is 0.926 e. The first kappa shape index (κ1) is 23.8. The van der Waals surface area contributed by atoms with Crippen molar-refractivity contribution in [2.24, 2.45) is 0 Å². The largest absolute Gasteiger partial charge is 0.926 e. The van der Waals surface area contributed by atoms with Gasteiger partial charge in [-0.05, 0) is 19.3 Å². The molecule has 0 aromatic heterocycles. The molecule has 0 aromatic rings. The lowest BCUT2D eigenvalue weighted by atomic mass is 10.4. The van der Waals surface area contributed by atoms with Gasteiger partial charge in [-0.25, -0.2) is 0 Å². The molecule has 0 saturated carbocycles. The average Bonchev–Trinajstić information content (AvgIpc) is 2.56. The minimum atomic E-state index is -3.66. The van der Waals surface area contributed by atoms with Crippen molar-refractivity contribution < 1.29 is 35.1 Å². The van der Waals surface area contributed by atoms with Gasteiger partial charge in [0.15, 0.2) is 0 Å². The van der Waals surface area contributed by atoms with Crippen LogP contribution in [0.3, 0.4) is 0 Å². The summed E-state index contributed by atoms with van der Waals surface area (Å²) in [5, 5.41) is 0. The Bertz CT molecular complexity index is 581. The van der Waals surface area contributed by atoms with Crippen molar-refractivity contribution in [3.05, 3.63) is 0 Å². The molecule has 150 valence electrons. The second-order valence-corrected chi connectivity index (χ2v) is 18.7. The molecule has 0 spiro atoms.